The fourth-order valence-corrected chi connectivity index (χ4v) is 5.10. The van der Waals surface area contributed by atoms with E-state index in [9.17, 15) is 9.59 Å². The van der Waals surface area contributed by atoms with Crippen LogP contribution in [0, 0.1) is 11.8 Å². The third-order valence-electron chi connectivity index (χ3n) is 5.94. The smallest absolute Gasteiger partial charge is 0.242 e. The fourth-order valence-electron chi connectivity index (χ4n) is 4.04. The van der Waals surface area contributed by atoms with Crippen LogP contribution in [0.15, 0.2) is 35.7 Å². The van der Waals surface area contributed by atoms with Crippen molar-refractivity contribution < 1.29 is 14.3 Å². The number of carbonyl (C=O) groups is 2. The molecule has 1 aromatic carbocycles. The van der Waals surface area contributed by atoms with E-state index >= 15 is 0 Å². The van der Waals surface area contributed by atoms with Gasteiger partial charge in [-0.15, -0.1) is 11.3 Å². The Kier molecular flexibility index (Phi) is 6.87. The first-order valence-corrected chi connectivity index (χ1v) is 12.2. The summed E-state index contributed by atoms with van der Waals surface area (Å²) in [6.07, 6.45) is 3.14. The maximum atomic E-state index is 13.4. The van der Waals surface area contributed by atoms with Crippen molar-refractivity contribution in [2.45, 2.75) is 39.2 Å². The highest BCUT2D eigenvalue weighted by atomic mass is 35.5. The van der Waals surface area contributed by atoms with Crippen LogP contribution in [0.1, 0.15) is 43.2 Å². The van der Waals surface area contributed by atoms with Gasteiger partial charge < -0.3 is 14.5 Å². The van der Waals surface area contributed by atoms with E-state index in [-0.39, 0.29) is 30.3 Å². The highest BCUT2D eigenvalue weighted by molar-refractivity contribution is 7.10. The van der Waals surface area contributed by atoms with E-state index < -0.39 is 0 Å². The van der Waals surface area contributed by atoms with Crippen LogP contribution in [0.3, 0.4) is 0 Å². The van der Waals surface area contributed by atoms with Gasteiger partial charge in [-0.05, 0) is 66.5 Å². The molecule has 31 heavy (non-hydrogen) atoms. The number of rotatable bonds is 8. The molecule has 0 bridgehead atoms. The second kappa shape index (κ2) is 9.61. The van der Waals surface area contributed by atoms with Crippen LogP contribution < -0.4 is 4.74 Å². The molecule has 166 valence electrons. The molecule has 1 atom stereocenters. The average Bonchev–Trinajstić information content (AvgIpc) is 3.44. The Hall–Kier alpha value is -2.05. The van der Waals surface area contributed by atoms with Gasteiger partial charge in [0.2, 0.25) is 11.8 Å². The van der Waals surface area contributed by atoms with Crippen LogP contribution in [0.25, 0.3) is 0 Å². The summed E-state index contributed by atoms with van der Waals surface area (Å²) in [5.41, 5.74) is 1.16. The summed E-state index contributed by atoms with van der Waals surface area (Å²) in [7, 11) is 0. The van der Waals surface area contributed by atoms with Gasteiger partial charge in [0.05, 0.1) is 12.6 Å². The second-order valence-corrected chi connectivity index (χ2v) is 10.2. The second-order valence-electron chi connectivity index (χ2n) is 8.73. The van der Waals surface area contributed by atoms with Crippen molar-refractivity contribution in [2.24, 2.45) is 11.8 Å². The molecule has 2 heterocycles. The van der Waals surface area contributed by atoms with Crippen molar-refractivity contribution >= 4 is 34.8 Å². The molecule has 0 spiro atoms. The maximum absolute atomic E-state index is 13.4. The lowest BCUT2D eigenvalue weighted by molar-refractivity contribution is -0.144. The van der Waals surface area contributed by atoms with Crippen LogP contribution in [-0.4, -0.2) is 47.9 Å². The van der Waals surface area contributed by atoms with Crippen LogP contribution in [0.2, 0.25) is 5.02 Å². The fraction of sp³-hybridized carbons (Fsp3) is 0.500. The van der Waals surface area contributed by atoms with E-state index in [0.29, 0.717) is 30.6 Å². The lowest BCUT2D eigenvalue weighted by Crippen LogP contribution is -2.49. The molecule has 1 aromatic heterocycles. The van der Waals surface area contributed by atoms with E-state index in [2.05, 4.69) is 11.4 Å². The summed E-state index contributed by atoms with van der Waals surface area (Å²) in [5.74, 6) is 1.22. The quantitative estimate of drug-likeness (QED) is 0.568. The number of amides is 2. The molecule has 4 rings (SSSR count). The van der Waals surface area contributed by atoms with Crippen LogP contribution >= 0.6 is 22.9 Å². The average molecular weight is 461 g/mol. The van der Waals surface area contributed by atoms with Gasteiger partial charge in [-0.3, -0.25) is 9.59 Å². The van der Waals surface area contributed by atoms with Crippen LogP contribution in [-0.2, 0) is 16.0 Å². The van der Waals surface area contributed by atoms with Gasteiger partial charge in [0.25, 0.3) is 0 Å². The first-order chi connectivity index (χ1) is 14.9. The zero-order chi connectivity index (χ0) is 22.0. The van der Waals surface area contributed by atoms with Crippen LogP contribution in [0.5, 0.6) is 5.75 Å². The molecular weight excluding hydrogens is 432 g/mol. The predicted octanol–water partition coefficient (Wildman–Crippen LogP) is 4.80. The highest BCUT2D eigenvalue weighted by Crippen LogP contribution is 2.35. The molecule has 1 aliphatic carbocycles. The Morgan fingerprint density at radius 3 is 2.65 bits per heavy atom. The summed E-state index contributed by atoms with van der Waals surface area (Å²) in [6, 6.07) is 9.20. The molecular formula is C24H29ClN2O3S. The van der Waals surface area contributed by atoms with Crippen molar-refractivity contribution in [3.05, 3.63) is 51.2 Å². The molecule has 2 amide bonds. The summed E-state index contributed by atoms with van der Waals surface area (Å²) in [6.45, 7) is 5.64. The monoisotopic (exact) mass is 460 g/mol. The number of benzene rings is 1. The van der Waals surface area contributed by atoms with E-state index in [4.69, 9.17) is 16.3 Å². The molecule has 1 aliphatic heterocycles. The maximum Gasteiger partial charge on any atom is 0.242 e. The molecule has 5 nitrogen and oxygen atoms in total. The Balaban J connectivity index is 1.49. The van der Waals surface area contributed by atoms with Gasteiger partial charge in [-0.1, -0.05) is 25.4 Å². The summed E-state index contributed by atoms with van der Waals surface area (Å²) < 4.78 is 6.04. The van der Waals surface area contributed by atoms with Gasteiger partial charge in [0.15, 0.2) is 0 Å². The van der Waals surface area contributed by atoms with Gasteiger partial charge in [-0.2, -0.15) is 0 Å². The Labute approximate surface area is 192 Å². The van der Waals surface area contributed by atoms with Crippen molar-refractivity contribution in [3.63, 3.8) is 0 Å². The molecule has 1 fully saturated rings. The molecule has 1 saturated carbocycles. The largest absolute Gasteiger partial charge is 0.491 e. The first kappa shape index (κ1) is 22.2. The number of hydrogen-bond acceptors (Lipinski definition) is 4. The van der Waals surface area contributed by atoms with Crippen molar-refractivity contribution in [2.75, 3.05) is 26.2 Å². The van der Waals surface area contributed by atoms with Crippen molar-refractivity contribution in [1.29, 1.82) is 0 Å². The molecule has 2 aliphatic rings. The molecule has 2 aromatic rings. The first-order valence-electron chi connectivity index (χ1n) is 10.9. The number of halogens is 1. The van der Waals surface area contributed by atoms with Crippen LogP contribution in [0.4, 0.5) is 0 Å². The number of carbonyl (C=O) groups excluding carboxylic acids is 2. The minimum atomic E-state index is -0.157. The van der Waals surface area contributed by atoms with E-state index in [1.807, 2.05) is 30.9 Å². The third kappa shape index (κ3) is 5.42. The van der Waals surface area contributed by atoms with Gasteiger partial charge in [-0.25, -0.2) is 0 Å². The summed E-state index contributed by atoms with van der Waals surface area (Å²) >= 11 is 7.71. The number of ether oxygens (including phenoxy) is 1. The van der Waals surface area contributed by atoms with Gasteiger partial charge in [0, 0.05) is 28.9 Å². The Bertz CT molecular complexity index is 923. The van der Waals surface area contributed by atoms with E-state index in [1.54, 1.807) is 28.4 Å². The third-order valence-corrected chi connectivity index (χ3v) is 7.19. The predicted molar refractivity (Wildman–Crippen MR) is 124 cm³/mol. The van der Waals surface area contributed by atoms with Crippen molar-refractivity contribution in [1.82, 2.24) is 9.80 Å². The molecule has 0 saturated heterocycles. The molecule has 0 unspecified atom stereocenters. The lowest BCUT2D eigenvalue weighted by Gasteiger charge is -2.37. The molecule has 0 N–H and O–H groups in total. The number of fused-ring (bicyclic) bond motifs is 1. The topological polar surface area (TPSA) is 49.9 Å². The number of nitrogens with zero attached hydrogens (tertiary/aromatic N) is 2. The molecule has 0 radical (unpaired) electrons. The van der Waals surface area contributed by atoms with E-state index in [0.717, 1.165) is 30.6 Å². The zero-order valence-electron chi connectivity index (χ0n) is 18.1. The van der Waals surface area contributed by atoms with E-state index in [1.165, 1.54) is 4.88 Å². The highest BCUT2D eigenvalue weighted by Gasteiger charge is 2.35. The minimum Gasteiger partial charge on any atom is -0.491 e. The summed E-state index contributed by atoms with van der Waals surface area (Å²) in [5, 5.41) is 2.74. The van der Waals surface area contributed by atoms with Crippen molar-refractivity contribution in [3.8, 4) is 5.75 Å². The Morgan fingerprint density at radius 2 is 1.97 bits per heavy atom. The Morgan fingerprint density at radius 1 is 1.23 bits per heavy atom. The SMILES string of the molecule is CC(C)C(=O)N(CC(=O)N1CCc2sccc2[C@@H]1COc1ccc(Cl)cc1)CC1CC1. The number of thiophene rings is 1. The standard InChI is InChI=1S/C24H29ClN2O3S/c1-16(2)24(29)26(13-17-3-4-17)14-23(28)27-11-9-22-20(10-12-31-22)21(27)15-30-19-7-5-18(25)6-8-19/h5-8,10,12,16-17,21H,3-4,9,11,13-15H2,1-2H3/t21-/m0/s1. The molecule has 7 heteroatoms. The van der Waals surface area contributed by atoms with Gasteiger partial charge in [0.1, 0.15) is 12.4 Å². The zero-order valence-corrected chi connectivity index (χ0v) is 19.6. The number of hydrogen-bond donors (Lipinski definition) is 0. The normalized spacial score (nSPS) is 18.1. The lowest BCUT2D eigenvalue weighted by atomic mass is 10.00. The minimum absolute atomic E-state index is 0.00351. The van der Waals surface area contributed by atoms with Gasteiger partial charge >= 0.3 is 0 Å². The summed E-state index contributed by atoms with van der Waals surface area (Å²) in [4.78, 5) is 31.1.